The van der Waals surface area contributed by atoms with Crippen LogP contribution in [0.5, 0.6) is 0 Å². The highest BCUT2D eigenvalue weighted by atomic mass is 19.1. The second-order valence-electron chi connectivity index (χ2n) is 6.75. The maximum Gasteiger partial charge on any atom is 0.319 e. The number of methoxy groups -OCH3 is 1. The Bertz CT molecular complexity index is 938. The molecule has 0 atom stereocenters. The number of carbonyl (C=O) groups is 2. The average Bonchev–Trinajstić information content (AvgIpc) is 2.75. The van der Waals surface area contributed by atoms with E-state index in [0.717, 1.165) is 12.1 Å². The molecule has 0 aliphatic heterocycles. The number of hydrogen-bond acceptors (Lipinski definition) is 3. The zero-order valence-corrected chi connectivity index (χ0v) is 17.1. The minimum Gasteiger partial charge on any atom is -0.469 e. The lowest BCUT2D eigenvalue weighted by atomic mass is 9.89. The van der Waals surface area contributed by atoms with Crippen LogP contribution in [0, 0.1) is 23.5 Å². The Morgan fingerprint density at radius 3 is 2.10 bits per heavy atom. The number of benzene rings is 2. The first-order valence-corrected chi connectivity index (χ1v) is 9.54. The smallest absolute Gasteiger partial charge is 0.319 e. The Hall–Kier alpha value is -3.40. The number of urea groups is 1. The highest BCUT2D eigenvalue weighted by molar-refractivity contribution is 5.90. The molecule has 2 amide bonds. The van der Waals surface area contributed by atoms with Gasteiger partial charge in [-0.3, -0.25) is 4.79 Å². The van der Waals surface area contributed by atoms with Crippen molar-refractivity contribution in [2.45, 2.75) is 38.6 Å². The van der Waals surface area contributed by atoms with Crippen molar-refractivity contribution in [3.63, 3.8) is 0 Å². The summed E-state index contributed by atoms with van der Waals surface area (Å²) in [5, 5.41) is 4.84. The van der Waals surface area contributed by atoms with Gasteiger partial charge in [0.25, 0.3) is 0 Å². The summed E-state index contributed by atoms with van der Waals surface area (Å²) in [6.45, 7) is 3.60. The first kappa shape index (κ1) is 22.9. The summed E-state index contributed by atoms with van der Waals surface area (Å²) >= 11 is 0. The van der Waals surface area contributed by atoms with E-state index in [9.17, 15) is 18.4 Å². The molecule has 2 aromatic rings. The van der Waals surface area contributed by atoms with E-state index in [1.54, 1.807) is 26.0 Å². The van der Waals surface area contributed by atoms with Crippen LogP contribution in [0.15, 0.2) is 42.5 Å². The van der Waals surface area contributed by atoms with Crippen LogP contribution in [-0.4, -0.2) is 24.6 Å². The topological polar surface area (TPSA) is 67.4 Å². The zero-order chi connectivity index (χ0) is 22.1. The molecule has 30 heavy (non-hydrogen) atoms. The number of esters is 1. The molecule has 0 heterocycles. The zero-order valence-electron chi connectivity index (χ0n) is 17.1. The molecule has 0 aliphatic rings. The molecular formula is C23H24F2N2O3. The Morgan fingerprint density at radius 2 is 1.57 bits per heavy atom. The molecule has 158 valence electrons. The summed E-state index contributed by atoms with van der Waals surface area (Å²) < 4.78 is 33.5. The molecule has 0 saturated heterocycles. The highest BCUT2D eigenvalue weighted by Gasteiger charge is 2.32. The van der Waals surface area contributed by atoms with Crippen LogP contribution in [0.3, 0.4) is 0 Å². The van der Waals surface area contributed by atoms with Gasteiger partial charge in [-0.25, -0.2) is 13.6 Å². The van der Waals surface area contributed by atoms with E-state index >= 15 is 0 Å². The van der Waals surface area contributed by atoms with Crippen molar-refractivity contribution >= 4 is 17.7 Å². The van der Waals surface area contributed by atoms with Gasteiger partial charge >= 0.3 is 12.0 Å². The lowest BCUT2D eigenvalue weighted by molar-refractivity contribution is -0.142. The van der Waals surface area contributed by atoms with Crippen LogP contribution in [-0.2, 0) is 9.53 Å². The molecule has 0 bridgehead atoms. The van der Waals surface area contributed by atoms with Gasteiger partial charge in [0.05, 0.1) is 19.1 Å². The van der Waals surface area contributed by atoms with Crippen molar-refractivity contribution in [1.29, 1.82) is 0 Å². The fraction of sp³-hybridized carbons (Fsp3) is 0.304. The SMILES string of the molecule is CCC(CC)(CC(=O)OC)NC(=O)Nc1c(F)cc(C#Cc2ccccc2)cc1F. The predicted octanol–water partition coefficient (Wildman–Crippen LogP) is 4.61. The van der Waals surface area contributed by atoms with Crippen LogP contribution in [0.4, 0.5) is 19.3 Å². The van der Waals surface area contributed by atoms with Crippen LogP contribution >= 0.6 is 0 Å². The number of halogens is 2. The molecule has 0 saturated carbocycles. The van der Waals surface area contributed by atoms with Crippen molar-refractivity contribution in [2.24, 2.45) is 0 Å². The molecule has 0 aliphatic carbocycles. The van der Waals surface area contributed by atoms with E-state index < -0.39 is 34.9 Å². The summed E-state index contributed by atoms with van der Waals surface area (Å²) in [5.74, 6) is 3.13. The summed E-state index contributed by atoms with van der Waals surface area (Å²) in [6, 6.07) is 10.3. The van der Waals surface area contributed by atoms with Gasteiger partial charge in [-0.05, 0) is 37.1 Å². The van der Waals surface area contributed by atoms with Crippen molar-refractivity contribution in [3.8, 4) is 11.8 Å². The van der Waals surface area contributed by atoms with Crippen LogP contribution in [0.1, 0.15) is 44.2 Å². The number of nitrogens with one attached hydrogen (secondary N) is 2. The maximum absolute atomic E-state index is 14.4. The second-order valence-corrected chi connectivity index (χ2v) is 6.75. The van der Waals surface area contributed by atoms with Gasteiger partial charge in [-0.2, -0.15) is 0 Å². The van der Waals surface area contributed by atoms with Crippen LogP contribution < -0.4 is 10.6 Å². The number of hydrogen-bond donors (Lipinski definition) is 2. The van der Waals surface area contributed by atoms with Crippen molar-refractivity contribution in [1.82, 2.24) is 5.32 Å². The molecule has 0 spiro atoms. The van der Waals surface area contributed by atoms with Gasteiger partial charge < -0.3 is 15.4 Å². The Balaban J connectivity index is 2.17. The third kappa shape index (κ3) is 6.05. The van der Waals surface area contributed by atoms with Gasteiger partial charge in [0.15, 0.2) is 11.6 Å². The van der Waals surface area contributed by atoms with Gasteiger partial charge in [-0.1, -0.05) is 43.9 Å². The Kier molecular flexibility index (Phi) is 7.93. The molecule has 7 heteroatoms. The summed E-state index contributed by atoms with van der Waals surface area (Å²) in [7, 11) is 1.26. The molecule has 2 aromatic carbocycles. The van der Waals surface area contributed by atoms with Gasteiger partial charge in [-0.15, -0.1) is 0 Å². The van der Waals surface area contributed by atoms with E-state index in [1.165, 1.54) is 7.11 Å². The normalized spacial score (nSPS) is 10.6. The number of ether oxygens (including phenoxy) is 1. The number of amides is 2. The summed E-state index contributed by atoms with van der Waals surface area (Å²) in [4.78, 5) is 24.0. The lowest BCUT2D eigenvalue weighted by Gasteiger charge is -2.31. The number of carbonyl (C=O) groups excluding carboxylic acids is 2. The molecule has 2 rings (SSSR count). The van der Waals surface area contributed by atoms with E-state index in [-0.39, 0.29) is 12.0 Å². The molecule has 0 aromatic heterocycles. The summed E-state index contributed by atoms with van der Waals surface area (Å²) in [6.07, 6.45) is 0.818. The van der Waals surface area contributed by atoms with E-state index in [4.69, 9.17) is 0 Å². The van der Waals surface area contributed by atoms with Crippen LogP contribution in [0.25, 0.3) is 0 Å². The van der Waals surface area contributed by atoms with Crippen molar-refractivity contribution in [2.75, 3.05) is 12.4 Å². The lowest BCUT2D eigenvalue weighted by Crippen LogP contribution is -2.50. The molecule has 0 radical (unpaired) electrons. The van der Waals surface area contributed by atoms with E-state index in [2.05, 4.69) is 27.2 Å². The van der Waals surface area contributed by atoms with Crippen molar-refractivity contribution in [3.05, 3.63) is 65.2 Å². The first-order chi connectivity index (χ1) is 14.3. The first-order valence-electron chi connectivity index (χ1n) is 9.54. The second kappa shape index (κ2) is 10.4. The van der Waals surface area contributed by atoms with Gasteiger partial charge in [0.2, 0.25) is 0 Å². The highest BCUT2D eigenvalue weighted by Crippen LogP contribution is 2.23. The minimum atomic E-state index is -0.950. The standard InChI is InChI=1S/C23H24F2N2O3/c1-4-23(5-2,15-20(28)30-3)27-22(29)26-21-18(24)13-17(14-19(21)25)12-11-16-9-7-6-8-10-16/h6-10,13-14H,4-5,15H2,1-3H3,(H2,26,27,29). The van der Waals surface area contributed by atoms with E-state index in [1.807, 2.05) is 18.2 Å². The quantitative estimate of drug-likeness (QED) is 0.536. The molecule has 0 unspecified atom stereocenters. The third-order valence-electron chi connectivity index (χ3n) is 4.85. The fourth-order valence-electron chi connectivity index (χ4n) is 2.89. The van der Waals surface area contributed by atoms with Gasteiger partial charge in [0.1, 0.15) is 5.69 Å². The minimum absolute atomic E-state index is 0.0527. The Morgan fingerprint density at radius 1 is 1.00 bits per heavy atom. The predicted molar refractivity (Wildman–Crippen MR) is 111 cm³/mol. The fourth-order valence-corrected chi connectivity index (χ4v) is 2.89. The molecule has 0 fully saturated rings. The average molecular weight is 414 g/mol. The van der Waals surface area contributed by atoms with Crippen LogP contribution in [0.2, 0.25) is 0 Å². The number of anilines is 1. The largest absolute Gasteiger partial charge is 0.469 e. The van der Waals surface area contributed by atoms with Crippen molar-refractivity contribution < 1.29 is 23.1 Å². The van der Waals surface area contributed by atoms with Gasteiger partial charge in [0, 0.05) is 11.1 Å². The Labute approximate surface area is 174 Å². The summed E-state index contributed by atoms with van der Waals surface area (Å²) in [5.41, 5.74) is -0.620. The number of rotatable bonds is 6. The van der Waals surface area contributed by atoms with E-state index in [0.29, 0.717) is 18.4 Å². The monoisotopic (exact) mass is 414 g/mol. The maximum atomic E-state index is 14.4. The molecule has 5 nitrogen and oxygen atoms in total. The molecular weight excluding hydrogens is 390 g/mol. The molecule has 2 N–H and O–H groups in total. The third-order valence-corrected chi connectivity index (χ3v) is 4.85.